The fourth-order valence-electron chi connectivity index (χ4n) is 7.84. The first-order chi connectivity index (χ1) is 12.6. The van der Waals surface area contributed by atoms with Crippen LogP contribution in [0.15, 0.2) is 23.8 Å². The molecule has 8 atom stereocenters. The number of allylic oxidation sites excluding steroid dienone is 4. The number of ketones is 2. The second-order valence-corrected chi connectivity index (χ2v) is 10.3. The van der Waals surface area contributed by atoms with E-state index in [1.54, 1.807) is 12.2 Å². The summed E-state index contributed by atoms with van der Waals surface area (Å²) in [4.78, 5) is 25.0. The van der Waals surface area contributed by atoms with Crippen molar-refractivity contribution >= 4 is 11.6 Å². The van der Waals surface area contributed by atoms with Crippen LogP contribution in [0, 0.1) is 39.9 Å². The molecule has 0 heterocycles. The number of hydrogen-bond acceptors (Lipinski definition) is 3. The van der Waals surface area contributed by atoms with Crippen LogP contribution in [0.2, 0.25) is 0 Å². The van der Waals surface area contributed by atoms with Gasteiger partial charge >= 0.3 is 0 Å². The lowest BCUT2D eigenvalue weighted by Crippen LogP contribution is -2.58. The number of carbonyl (C=O) groups excluding carboxylic acids is 2. The third kappa shape index (κ3) is 2.24. The minimum atomic E-state index is -0.433. The van der Waals surface area contributed by atoms with Crippen molar-refractivity contribution in [3.8, 4) is 0 Å². The zero-order chi connectivity index (χ0) is 19.8. The Hall–Kier alpha value is -1.22. The lowest BCUT2D eigenvalue weighted by Gasteiger charge is -2.60. The first kappa shape index (κ1) is 19.1. The van der Waals surface area contributed by atoms with Gasteiger partial charge in [0.15, 0.2) is 5.78 Å². The molecule has 27 heavy (non-hydrogen) atoms. The molecule has 0 aromatic carbocycles. The van der Waals surface area contributed by atoms with Gasteiger partial charge in [-0.25, -0.2) is 0 Å². The SMILES string of the molecule is CCC(=O)[C@]1(C)[C@H](C)C[C@H]2[C@@H]3CCC4=CC(=O)C=C[C@@]4(C)[C@H]3[C@@H](O)C[C@]21C. The Morgan fingerprint density at radius 2 is 2.00 bits per heavy atom. The van der Waals surface area contributed by atoms with Crippen LogP contribution in [0.3, 0.4) is 0 Å². The van der Waals surface area contributed by atoms with Gasteiger partial charge in [-0.05, 0) is 61.0 Å². The number of rotatable bonds is 2. The first-order valence-corrected chi connectivity index (χ1v) is 10.7. The summed E-state index contributed by atoms with van der Waals surface area (Å²) in [6.07, 6.45) is 9.41. The summed E-state index contributed by atoms with van der Waals surface area (Å²) in [5.74, 6) is 1.80. The van der Waals surface area contributed by atoms with Crippen molar-refractivity contribution in [3.05, 3.63) is 23.8 Å². The number of aliphatic hydroxyl groups is 1. The van der Waals surface area contributed by atoms with Gasteiger partial charge in [0.05, 0.1) is 6.10 Å². The Bertz CT molecular complexity index is 749. The van der Waals surface area contributed by atoms with E-state index >= 15 is 0 Å². The molecule has 0 aliphatic heterocycles. The van der Waals surface area contributed by atoms with E-state index in [-0.39, 0.29) is 27.9 Å². The van der Waals surface area contributed by atoms with E-state index in [1.807, 2.05) is 6.92 Å². The zero-order valence-corrected chi connectivity index (χ0v) is 17.4. The highest BCUT2D eigenvalue weighted by Gasteiger charge is 2.68. The summed E-state index contributed by atoms with van der Waals surface area (Å²) in [5, 5.41) is 11.4. The summed E-state index contributed by atoms with van der Waals surface area (Å²) >= 11 is 0. The standard InChI is InChI=1S/C24H34O3/c1-6-20(27)24(5)14(2)11-18-17-8-7-15-12-16(25)9-10-22(15,3)21(17)19(26)13-23(18,24)4/h9-10,12,14,17-19,21,26H,6-8,11,13H2,1-5H3/t14-,17+,18+,19+,21-,22-,23-,24+/m1/s1. The molecule has 1 N–H and O–H groups in total. The van der Waals surface area contributed by atoms with Gasteiger partial charge < -0.3 is 5.11 Å². The second kappa shape index (κ2) is 5.89. The fraction of sp³-hybridized carbons (Fsp3) is 0.750. The van der Waals surface area contributed by atoms with E-state index in [0.29, 0.717) is 36.4 Å². The average Bonchev–Trinajstić information content (AvgIpc) is 2.82. The Morgan fingerprint density at radius 1 is 1.30 bits per heavy atom. The van der Waals surface area contributed by atoms with Crippen molar-refractivity contribution in [1.82, 2.24) is 0 Å². The van der Waals surface area contributed by atoms with Crippen molar-refractivity contribution in [2.75, 3.05) is 0 Å². The third-order valence-corrected chi connectivity index (χ3v) is 9.57. The minimum Gasteiger partial charge on any atom is -0.393 e. The summed E-state index contributed by atoms with van der Waals surface area (Å²) in [6, 6.07) is 0. The van der Waals surface area contributed by atoms with Crippen LogP contribution in [0.25, 0.3) is 0 Å². The Morgan fingerprint density at radius 3 is 2.67 bits per heavy atom. The number of aliphatic hydroxyl groups excluding tert-OH is 1. The predicted molar refractivity (Wildman–Crippen MR) is 106 cm³/mol. The molecule has 3 fully saturated rings. The van der Waals surface area contributed by atoms with Gasteiger partial charge in [-0.15, -0.1) is 0 Å². The van der Waals surface area contributed by atoms with Crippen LogP contribution in [-0.4, -0.2) is 22.8 Å². The molecule has 148 valence electrons. The van der Waals surface area contributed by atoms with Crippen LogP contribution < -0.4 is 0 Å². The van der Waals surface area contributed by atoms with Crippen molar-refractivity contribution in [1.29, 1.82) is 0 Å². The molecule has 3 nitrogen and oxygen atoms in total. The molecule has 0 aromatic heterocycles. The average molecular weight is 371 g/mol. The van der Waals surface area contributed by atoms with Crippen molar-refractivity contribution in [2.24, 2.45) is 39.9 Å². The molecule has 4 aliphatic rings. The van der Waals surface area contributed by atoms with Crippen molar-refractivity contribution in [3.63, 3.8) is 0 Å². The largest absolute Gasteiger partial charge is 0.393 e. The van der Waals surface area contributed by atoms with Gasteiger partial charge in [0.2, 0.25) is 0 Å². The zero-order valence-electron chi connectivity index (χ0n) is 17.4. The third-order valence-electron chi connectivity index (χ3n) is 9.57. The van der Waals surface area contributed by atoms with E-state index in [4.69, 9.17) is 0 Å². The predicted octanol–water partition coefficient (Wildman–Crippen LogP) is 4.50. The van der Waals surface area contributed by atoms with E-state index in [0.717, 1.165) is 19.3 Å². The lowest BCUT2D eigenvalue weighted by atomic mass is 9.44. The minimum absolute atomic E-state index is 0.0756. The summed E-state index contributed by atoms with van der Waals surface area (Å²) in [7, 11) is 0. The maximum absolute atomic E-state index is 13.1. The number of fused-ring (bicyclic) bond motifs is 5. The highest BCUT2D eigenvalue weighted by atomic mass is 16.3. The summed E-state index contributed by atoms with van der Waals surface area (Å²) in [6.45, 7) is 10.9. The van der Waals surface area contributed by atoms with Gasteiger partial charge in [-0.3, -0.25) is 9.59 Å². The van der Waals surface area contributed by atoms with Crippen LogP contribution in [0.4, 0.5) is 0 Å². The Balaban J connectivity index is 1.78. The van der Waals surface area contributed by atoms with E-state index in [2.05, 4.69) is 33.8 Å². The van der Waals surface area contributed by atoms with Crippen molar-refractivity contribution in [2.45, 2.75) is 72.8 Å². The molecule has 3 heteroatoms. The topological polar surface area (TPSA) is 54.4 Å². The van der Waals surface area contributed by atoms with Crippen LogP contribution >= 0.6 is 0 Å². The van der Waals surface area contributed by atoms with E-state index in [1.165, 1.54) is 5.57 Å². The molecular formula is C24H34O3. The van der Waals surface area contributed by atoms with Crippen LogP contribution in [0.1, 0.15) is 66.7 Å². The van der Waals surface area contributed by atoms with Crippen LogP contribution in [-0.2, 0) is 9.59 Å². The maximum atomic E-state index is 13.1. The normalized spacial score (nSPS) is 51.3. The first-order valence-electron chi connectivity index (χ1n) is 10.7. The molecule has 0 amide bonds. The van der Waals surface area contributed by atoms with Gasteiger partial charge in [0.25, 0.3) is 0 Å². The van der Waals surface area contributed by atoms with Crippen molar-refractivity contribution < 1.29 is 14.7 Å². The number of hydrogen-bond donors (Lipinski definition) is 1. The smallest absolute Gasteiger partial charge is 0.178 e. The highest BCUT2D eigenvalue weighted by Crippen LogP contribution is 2.71. The van der Waals surface area contributed by atoms with Gasteiger partial charge in [0.1, 0.15) is 5.78 Å². The quantitative estimate of drug-likeness (QED) is 0.779. The summed E-state index contributed by atoms with van der Waals surface area (Å²) < 4.78 is 0. The molecule has 0 unspecified atom stereocenters. The number of Topliss-reactive ketones (excluding diaryl/α,β-unsaturated/α-hetero) is 1. The molecule has 0 radical (unpaired) electrons. The molecule has 3 saturated carbocycles. The highest BCUT2D eigenvalue weighted by molar-refractivity contribution is 6.01. The Kier molecular flexibility index (Phi) is 4.17. The molecule has 4 rings (SSSR count). The summed E-state index contributed by atoms with van der Waals surface area (Å²) in [5.41, 5.74) is 0.464. The van der Waals surface area contributed by atoms with Crippen LogP contribution in [0.5, 0.6) is 0 Å². The van der Waals surface area contributed by atoms with Gasteiger partial charge in [-0.2, -0.15) is 0 Å². The molecule has 0 aromatic rings. The molecule has 0 spiro atoms. The van der Waals surface area contributed by atoms with E-state index in [9.17, 15) is 14.7 Å². The molecule has 4 aliphatic carbocycles. The Labute approximate surface area is 163 Å². The number of carbonyl (C=O) groups is 2. The monoisotopic (exact) mass is 370 g/mol. The molecule has 0 saturated heterocycles. The van der Waals surface area contributed by atoms with Gasteiger partial charge in [0, 0.05) is 23.2 Å². The molecular weight excluding hydrogens is 336 g/mol. The molecule has 0 bridgehead atoms. The van der Waals surface area contributed by atoms with E-state index < -0.39 is 6.10 Å². The fourth-order valence-corrected chi connectivity index (χ4v) is 7.84. The lowest BCUT2D eigenvalue weighted by molar-refractivity contribution is -0.155. The second-order valence-electron chi connectivity index (χ2n) is 10.3. The maximum Gasteiger partial charge on any atom is 0.178 e. The van der Waals surface area contributed by atoms with Gasteiger partial charge in [-0.1, -0.05) is 46.3 Å².